The second-order valence-corrected chi connectivity index (χ2v) is 17.5. The van der Waals surface area contributed by atoms with E-state index < -0.39 is 5.41 Å². The molecule has 0 heterocycles. The Hall–Kier alpha value is -1.65. The zero-order valence-corrected chi connectivity index (χ0v) is 28.5. The third kappa shape index (κ3) is 4.38. The molecule has 6 aliphatic rings. The van der Waals surface area contributed by atoms with Crippen molar-refractivity contribution in [3.63, 3.8) is 0 Å². The van der Waals surface area contributed by atoms with E-state index in [1.54, 1.807) is 6.92 Å². The highest BCUT2D eigenvalue weighted by atomic mass is 16.5. The van der Waals surface area contributed by atoms with E-state index >= 15 is 0 Å². The number of fused-ring (bicyclic) bond motifs is 7. The molecule has 43 heavy (non-hydrogen) atoms. The van der Waals surface area contributed by atoms with Crippen molar-refractivity contribution in [2.45, 2.75) is 157 Å². The van der Waals surface area contributed by atoms with E-state index in [4.69, 9.17) is 4.74 Å². The minimum Gasteiger partial charge on any atom is -0.462 e. The summed E-state index contributed by atoms with van der Waals surface area (Å²) in [5, 5.41) is 3.51. The summed E-state index contributed by atoms with van der Waals surface area (Å²) in [6.45, 7) is 18.3. The molecule has 0 aliphatic heterocycles. The number of carbonyl (C=O) groups is 3. The molecule has 0 aromatic carbocycles. The quantitative estimate of drug-likeness (QED) is 0.333. The highest BCUT2D eigenvalue weighted by Gasteiger charge is 2.71. The fraction of sp³-hybridized carbons (Fsp3) is 0.868. The Balaban J connectivity index is 1.36. The van der Waals surface area contributed by atoms with E-state index in [1.807, 2.05) is 0 Å². The van der Waals surface area contributed by atoms with Crippen LogP contribution in [0.15, 0.2) is 11.1 Å². The highest BCUT2D eigenvalue weighted by molar-refractivity contribution is 6.07. The van der Waals surface area contributed by atoms with Gasteiger partial charge >= 0.3 is 5.97 Å². The van der Waals surface area contributed by atoms with Crippen LogP contribution in [-0.2, 0) is 19.1 Å². The third-order valence-corrected chi connectivity index (χ3v) is 15.1. The molecular formula is C38H59NO4. The van der Waals surface area contributed by atoms with Gasteiger partial charge in [-0.3, -0.25) is 14.4 Å². The van der Waals surface area contributed by atoms with Crippen molar-refractivity contribution in [2.75, 3.05) is 0 Å². The molecule has 0 saturated heterocycles. The van der Waals surface area contributed by atoms with Crippen molar-refractivity contribution < 1.29 is 19.1 Å². The van der Waals surface area contributed by atoms with Gasteiger partial charge in [-0.2, -0.15) is 0 Å². The number of ketones is 1. The minimum absolute atomic E-state index is 0.0133. The normalized spacial score (nSPS) is 44.3. The predicted octanol–water partition coefficient (Wildman–Crippen LogP) is 8.35. The Morgan fingerprint density at radius 2 is 1.51 bits per heavy atom. The Labute approximate surface area is 261 Å². The first kappa shape index (κ1) is 31.3. The summed E-state index contributed by atoms with van der Waals surface area (Å²) in [6.07, 6.45) is 14.6. The summed E-state index contributed by atoms with van der Waals surface area (Å²) < 4.78 is 5.93. The van der Waals surface area contributed by atoms with E-state index in [0.29, 0.717) is 18.3 Å². The fourth-order valence-electron chi connectivity index (χ4n) is 12.9. The van der Waals surface area contributed by atoms with Crippen LogP contribution in [0.1, 0.15) is 145 Å². The number of amides is 1. The molecule has 0 radical (unpaired) electrons. The lowest BCUT2D eigenvalue weighted by Gasteiger charge is -2.72. The number of ether oxygens (including phenoxy) is 1. The van der Waals surface area contributed by atoms with E-state index in [9.17, 15) is 14.4 Å². The number of nitrogens with one attached hydrogen (secondary N) is 1. The van der Waals surface area contributed by atoms with Crippen LogP contribution in [0.2, 0.25) is 0 Å². The van der Waals surface area contributed by atoms with Gasteiger partial charge in [-0.15, -0.1) is 0 Å². The van der Waals surface area contributed by atoms with Gasteiger partial charge in [0.1, 0.15) is 6.10 Å². The number of allylic oxidation sites excluding steroid dienone is 1. The van der Waals surface area contributed by atoms with Gasteiger partial charge in [0.25, 0.3) is 0 Å². The van der Waals surface area contributed by atoms with Crippen molar-refractivity contribution >= 4 is 17.7 Å². The predicted molar refractivity (Wildman–Crippen MR) is 170 cm³/mol. The SMILES string of the molecule is CC(=O)O[C@H]1CC[C@]2(C)[C@H]3CC[C@@H]4C5=C(C(C)C)C(=O)C[C@]5(C(=O)NC5CCCCC5)CC[C@@]4(C)[C@]3(C)CC[C@H]2C1(C)C. The summed E-state index contributed by atoms with van der Waals surface area (Å²) in [7, 11) is 0. The third-order valence-electron chi connectivity index (χ3n) is 15.1. The molecule has 0 bridgehead atoms. The maximum absolute atomic E-state index is 14.4. The molecular weight excluding hydrogens is 534 g/mol. The van der Waals surface area contributed by atoms with E-state index in [2.05, 4.69) is 53.8 Å². The summed E-state index contributed by atoms with van der Waals surface area (Å²) in [4.78, 5) is 40.3. The van der Waals surface area contributed by atoms with Crippen molar-refractivity contribution in [2.24, 2.45) is 50.7 Å². The van der Waals surface area contributed by atoms with Crippen LogP contribution in [0.25, 0.3) is 0 Å². The Morgan fingerprint density at radius 1 is 0.814 bits per heavy atom. The molecule has 1 amide bonds. The molecule has 240 valence electrons. The van der Waals surface area contributed by atoms with Gasteiger partial charge < -0.3 is 10.1 Å². The van der Waals surface area contributed by atoms with Gasteiger partial charge in [0.05, 0.1) is 5.41 Å². The van der Waals surface area contributed by atoms with Crippen LogP contribution in [0, 0.1) is 50.7 Å². The van der Waals surface area contributed by atoms with E-state index in [1.165, 1.54) is 31.3 Å². The number of rotatable bonds is 4. The standard InChI is InChI=1S/C38H59NO4/c1-23(2)31-27(41)22-38(33(42)39-25-12-10-9-11-13-25)21-20-36(7)26(32(31)38)14-15-29-35(6)18-17-30(43-24(3)40)34(4,5)28(35)16-19-37(29,36)8/h23,25-26,28-30H,9-22H2,1-8H3,(H,39,42)/t26-,28+,29-,30+,35+,36-,37-,38-/m1/s1. The van der Waals surface area contributed by atoms with Gasteiger partial charge in [-0.1, -0.05) is 67.7 Å². The maximum Gasteiger partial charge on any atom is 0.302 e. The Kier molecular flexibility index (Phi) is 7.61. The van der Waals surface area contributed by atoms with Crippen LogP contribution in [0.3, 0.4) is 0 Å². The number of esters is 1. The number of carbonyl (C=O) groups excluding carboxylic acids is 3. The smallest absolute Gasteiger partial charge is 0.302 e. The average Bonchev–Trinajstić information content (AvgIpc) is 3.24. The topological polar surface area (TPSA) is 72.5 Å². The van der Waals surface area contributed by atoms with Gasteiger partial charge in [-0.05, 0) is 115 Å². The molecule has 5 saturated carbocycles. The summed E-state index contributed by atoms with van der Waals surface area (Å²) in [5.74, 6) is 1.77. The van der Waals surface area contributed by atoms with Crippen molar-refractivity contribution in [3.05, 3.63) is 11.1 Å². The number of Topliss-reactive ketones (excluding diaryl/α,β-unsaturated/α-hetero) is 1. The molecule has 6 rings (SSSR count). The van der Waals surface area contributed by atoms with Gasteiger partial charge in [-0.25, -0.2) is 0 Å². The van der Waals surface area contributed by atoms with Crippen LogP contribution in [0.5, 0.6) is 0 Å². The number of hydrogen-bond donors (Lipinski definition) is 1. The molecule has 5 heteroatoms. The first-order chi connectivity index (χ1) is 20.1. The van der Waals surface area contributed by atoms with Crippen molar-refractivity contribution in [3.8, 4) is 0 Å². The lowest BCUT2D eigenvalue weighted by Crippen LogP contribution is -2.66. The molecule has 0 unspecified atom stereocenters. The van der Waals surface area contributed by atoms with Crippen molar-refractivity contribution in [1.29, 1.82) is 0 Å². The zero-order valence-electron chi connectivity index (χ0n) is 28.5. The molecule has 0 aromatic rings. The minimum atomic E-state index is -0.646. The molecule has 5 fully saturated rings. The average molecular weight is 594 g/mol. The maximum atomic E-state index is 14.4. The first-order valence-electron chi connectivity index (χ1n) is 17.9. The largest absolute Gasteiger partial charge is 0.462 e. The monoisotopic (exact) mass is 593 g/mol. The second kappa shape index (κ2) is 10.4. The van der Waals surface area contributed by atoms with E-state index in [-0.39, 0.29) is 63.3 Å². The Morgan fingerprint density at radius 3 is 2.16 bits per heavy atom. The summed E-state index contributed by atoms with van der Waals surface area (Å²) in [5.41, 5.74) is 1.94. The number of hydrogen-bond acceptors (Lipinski definition) is 4. The molecule has 8 atom stereocenters. The summed E-state index contributed by atoms with van der Waals surface area (Å²) in [6, 6.07) is 0.261. The Bertz CT molecular complexity index is 1210. The highest BCUT2D eigenvalue weighted by Crippen LogP contribution is 2.76. The van der Waals surface area contributed by atoms with Gasteiger partial charge in [0, 0.05) is 24.8 Å². The molecule has 1 N–H and O–H groups in total. The van der Waals surface area contributed by atoms with Crippen LogP contribution in [-0.4, -0.2) is 29.8 Å². The first-order valence-corrected chi connectivity index (χ1v) is 17.9. The van der Waals surface area contributed by atoms with E-state index in [0.717, 1.165) is 63.4 Å². The molecule has 0 spiro atoms. The van der Waals surface area contributed by atoms with Gasteiger partial charge in [0.2, 0.25) is 5.91 Å². The molecule has 6 aliphatic carbocycles. The summed E-state index contributed by atoms with van der Waals surface area (Å²) >= 11 is 0. The van der Waals surface area contributed by atoms with Crippen molar-refractivity contribution in [1.82, 2.24) is 5.32 Å². The van der Waals surface area contributed by atoms with Crippen LogP contribution < -0.4 is 5.32 Å². The van der Waals surface area contributed by atoms with Crippen LogP contribution in [0.4, 0.5) is 0 Å². The molecule has 0 aromatic heterocycles. The lowest BCUT2D eigenvalue weighted by atomic mass is 9.33. The van der Waals surface area contributed by atoms with Gasteiger partial charge in [0.15, 0.2) is 5.78 Å². The zero-order chi connectivity index (χ0) is 31.2. The van der Waals surface area contributed by atoms with Crippen LogP contribution >= 0.6 is 0 Å². The molecule has 5 nitrogen and oxygen atoms in total. The fourth-order valence-corrected chi connectivity index (χ4v) is 12.9. The lowest BCUT2D eigenvalue weighted by molar-refractivity contribution is -0.232. The second-order valence-electron chi connectivity index (χ2n) is 17.5.